The number of esters is 1. The van der Waals surface area contributed by atoms with E-state index in [1.807, 2.05) is 36.4 Å². The summed E-state index contributed by atoms with van der Waals surface area (Å²) in [4.78, 5) is 17.2. The van der Waals surface area contributed by atoms with Crippen molar-refractivity contribution < 1.29 is 14.3 Å². The predicted octanol–water partition coefficient (Wildman–Crippen LogP) is 4.37. The van der Waals surface area contributed by atoms with Crippen LogP contribution in [0, 0.1) is 0 Å². The second-order valence-corrected chi connectivity index (χ2v) is 6.13. The third-order valence-corrected chi connectivity index (χ3v) is 4.37. The maximum Gasteiger partial charge on any atom is 0.348 e. The van der Waals surface area contributed by atoms with Crippen molar-refractivity contribution in [2.45, 2.75) is 12.2 Å². The third-order valence-electron chi connectivity index (χ3n) is 4.12. The third kappa shape index (κ3) is 3.62. The lowest BCUT2D eigenvalue weighted by molar-refractivity contribution is -0.166. The average molecular weight is 368 g/mol. The summed E-state index contributed by atoms with van der Waals surface area (Å²) in [5, 5.41) is 0.579. The molecular formula is C21H18ClNO3. The first-order valence-electron chi connectivity index (χ1n) is 8.09. The zero-order valence-corrected chi connectivity index (χ0v) is 15.0. The topological polar surface area (TPSA) is 48.4 Å². The molecule has 0 bridgehead atoms. The van der Waals surface area contributed by atoms with Gasteiger partial charge in [-0.05, 0) is 29.3 Å². The number of methoxy groups -OCH3 is 1. The molecule has 2 aromatic carbocycles. The molecule has 0 saturated carbocycles. The molecular weight excluding hydrogens is 350 g/mol. The van der Waals surface area contributed by atoms with E-state index in [1.54, 1.807) is 42.7 Å². The van der Waals surface area contributed by atoms with Gasteiger partial charge in [0.25, 0.3) is 0 Å². The van der Waals surface area contributed by atoms with Crippen molar-refractivity contribution in [2.24, 2.45) is 0 Å². The molecule has 4 nitrogen and oxygen atoms in total. The molecule has 26 heavy (non-hydrogen) atoms. The number of aromatic nitrogens is 1. The zero-order chi connectivity index (χ0) is 18.4. The van der Waals surface area contributed by atoms with Gasteiger partial charge >= 0.3 is 5.97 Å². The Bertz CT molecular complexity index is 853. The van der Waals surface area contributed by atoms with E-state index in [-0.39, 0.29) is 6.61 Å². The van der Waals surface area contributed by atoms with Gasteiger partial charge in [0, 0.05) is 30.1 Å². The van der Waals surface area contributed by atoms with Gasteiger partial charge in [0.1, 0.15) is 6.61 Å². The largest absolute Gasteiger partial charge is 0.458 e. The summed E-state index contributed by atoms with van der Waals surface area (Å²) in [7, 11) is 1.49. The molecule has 0 radical (unpaired) electrons. The summed E-state index contributed by atoms with van der Waals surface area (Å²) in [6.07, 6.45) is 3.33. The van der Waals surface area contributed by atoms with Crippen LogP contribution in [0.1, 0.15) is 16.7 Å². The van der Waals surface area contributed by atoms with Gasteiger partial charge < -0.3 is 9.47 Å². The van der Waals surface area contributed by atoms with E-state index in [9.17, 15) is 4.79 Å². The van der Waals surface area contributed by atoms with Crippen molar-refractivity contribution in [3.63, 3.8) is 0 Å². The summed E-state index contributed by atoms with van der Waals surface area (Å²) in [5.41, 5.74) is 0.747. The van der Waals surface area contributed by atoms with E-state index in [1.165, 1.54) is 7.11 Å². The second kappa shape index (κ2) is 8.13. The Morgan fingerprint density at radius 1 is 1.00 bits per heavy atom. The normalized spacial score (nSPS) is 13.0. The first kappa shape index (κ1) is 18.1. The Morgan fingerprint density at radius 3 is 2.31 bits per heavy atom. The molecule has 5 heteroatoms. The van der Waals surface area contributed by atoms with Crippen molar-refractivity contribution in [3.8, 4) is 0 Å². The molecule has 0 amide bonds. The number of nitrogens with zero attached hydrogens (tertiary/aromatic N) is 1. The highest BCUT2D eigenvalue weighted by Crippen LogP contribution is 2.35. The Labute approximate surface area is 157 Å². The molecule has 3 aromatic rings. The fourth-order valence-corrected chi connectivity index (χ4v) is 2.94. The quantitative estimate of drug-likeness (QED) is 0.607. The number of hydrogen-bond donors (Lipinski definition) is 0. The van der Waals surface area contributed by atoms with Gasteiger partial charge in [-0.3, -0.25) is 4.98 Å². The minimum atomic E-state index is -1.38. The number of halogens is 1. The summed E-state index contributed by atoms with van der Waals surface area (Å²) in [6.45, 7) is 0.109. The SMILES string of the molecule is COC(C(=O)OCc1cccnc1)(c1ccccc1)c1ccc(Cl)cc1. The Kier molecular flexibility index (Phi) is 5.66. The standard InChI is InChI=1S/C21H18ClNO3/c1-25-21(17-7-3-2-4-8-17,18-9-11-19(22)12-10-18)20(24)26-15-16-6-5-13-23-14-16/h2-14H,15H2,1H3. The lowest BCUT2D eigenvalue weighted by Gasteiger charge is -2.31. The van der Waals surface area contributed by atoms with Gasteiger partial charge in [0.2, 0.25) is 5.60 Å². The number of rotatable bonds is 6. The Hall–Kier alpha value is -2.69. The van der Waals surface area contributed by atoms with E-state index in [0.717, 1.165) is 5.56 Å². The van der Waals surface area contributed by atoms with Crippen LogP contribution < -0.4 is 0 Å². The summed E-state index contributed by atoms with van der Waals surface area (Å²) in [5.74, 6) is -0.502. The van der Waals surface area contributed by atoms with Crippen molar-refractivity contribution in [1.29, 1.82) is 0 Å². The molecule has 0 saturated heterocycles. The van der Waals surface area contributed by atoms with Gasteiger partial charge in [-0.1, -0.05) is 60.1 Å². The number of carbonyl (C=O) groups is 1. The van der Waals surface area contributed by atoms with E-state index < -0.39 is 11.6 Å². The smallest absolute Gasteiger partial charge is 0.348 e. The van der Waals surface area contributed by atoms with Crippen LogP contribution in [-0.4, -0.2) is 18.1 Å². The van der Waals surface area contributed by atoms with Gasteiger partial charge in [0.15, 0.2) is 0 Å². The molecule has 132 valence electrons. The van der Waals surface area contributed by atoms with Crippen molar-refractivity contribution in [1.82, 2.24) is 4.98 Å². The number of hydrogen-bond acceptors (Lipinski definition) is 4. The molecule has 1 unspecified atom stereocenters. The predicted molar refractivity (Wildman–Crippen MR) is 99.7 cm³/mol. The lowest BCUT2D eigenvalue weighted by atomic mass is 9.86. The molecule has 0 aliphatic rings. The number of benzene rings is 2. The maximum atomic E-state index is 13.2. The van der Waals surface area contributed by atoms with Crippen LogP contribution in [0.5, 0.6) is 0 Å². The molecule has 1 aromatic heterocycles. The minimum absolute atomic E-state index is 0.109. The van der Waals surface area contributed by atoms with E-state index in [4.69, 9.17) is 21.1 Å². The molecule has 0 aliphatic heterocycles. The fraction of sp³-hybridized carbons (Fsp3) is 0.143. The lowest BCUT2D eigenvalue weighted by Crippen LogP contribution is -2.40. The van der Waals surface area contributed by atoms with Gasteiger partial charge in [-0.25, -0.2) is 4.79 Å². The number of pyridine rings is 1. The van der Waals surface area contributed by atoms with Crippen LogP contribution >= 0.6 is 11.6 Å². The number of ether oxygens (including phenoxy) is 2. The molecule has 0 aliphatic carbocycles. The van der Waals surface area contributed by atoms with Gasteiger partial charge in [-0.2, -0.15) is 0 Å². The maximum absolute atomic E-state index is 13.2. The summed E-state index contributed by atoms with van der Waals surface area (Å²) < 4.78 is 11.4. The zero-order valence-electron chi connectivity index (χ0n) is 14.3. The Balaban J connectivity index is 1.99. The molecule has 0 N–H and O–H groups in total. The molecule has 1 atom stereocenters. The average Bonchev–Trinajstić information content (AvgIpc) is 2.70. The molecule has 3 rings (SSSR count). The summed E-state index contributed by atoms with van der Waals surface area (Å²) in [6, 6.07) is 19.9. The van der Waals surface area contributed by atoms with Gasteiger partial charge in [-0.15, -0.1) is 0 Å². The first-order valence-corrected chi connectivity index (χ1v) is 8.47. The van der Waals surface area contributed by atoms with Crippen LogP contribution in [0.15, 0.2) is 79.1 Å². The van der Waals surface area contributed by atoms with Gasteiger partial charge in [0.05, 0.1) is 0 Å². The van der Waals surface area contributed by atoms with Crippen LogP contribution in [-0.2, 0) is 26.5 Å². The van der Waals surface area contributed by atoms with Crippen LogP contribution in [0.4, 0.5) is 0 Å². The first-order chi connectivity index (χ1) is 12.7. The van der Waals surface area contributed by atoms with Crippen molar-refractivity contribution in [3.05, 3.63) is 101 Å². The highest BCUT2D eigenvalue weighted by molar-refractivity contribution is 6.30. The highest BCUT2D eigenvalue weighted by atomic mass is 35.5. The number of carbonyl (C=O) groups excluding carboxylic acids is 1. The highest BCUT2D eigenvalue weighted by Gasteiger charge is 2.44. The minimum Gasteiger partial charge on any atom is -0.458 e. The van der Waals surface area contributed by atoms with E-state index in [0.29, 0.717) is 16.1 Å². The van der Waals surface area contributed by atoms with Crippen molar-refractivity contribution in [2.75, 3.05) is 7.11 Å². The molecule has 1 heterocycles. The monoisotopic (exact) mass is 367 g/mol. The van der Waals surface area contributed by atoms with Crippen LogP contribution in [0.2, 0.25) is 5.02 Å². The summed E-state index contributed by atoms with van der Waals surface area (Å²) >= 11 is 6.01. The van der Waals surface area contributed by atoms with Crippen LogP contribution in [0.3, 0.4) is 0 Å². The van der Waals surface area contributed by atoms with E-state index >= 15 is 0 Å². The molecule has 0 fully saturated rings. The second-order valence-electron chi connectivity index (χ2n) is 5.70. The van der Waals surface area contributed by atoms with Crippen molar-refractivity contribution >= 4 is 17.6 Å². The fourth-order valence-electron chi connectivity index (χ4n) is 2.81. The Morgan fingerprint density at radius 2 is 1.69 bits per heavy atom. The van der Waals surface area contributed by atoms with E-state index in [2.05, 4.69) is 4.98 Å². The van der Waals surface area contributed by atoms with Crippen LogP contribution in [0.25, 0.3) is 0 Å². The molecule has 0 spiro atoms.